The summed E-state index contributed by atoms with van der Waals surface area (Å²) >= 11 is 3.49. The molecule has 6 heteroatoms. The lowest BCUT2D eigenvalue weighted by Gasteiger charge is -1.95. The Balaban J connectivity index is 1.88. The van der Waals surface area contributed by atoms with Crippen LogP contribution in [0.15, 0.2) is 23.8 Å². The first-order chi connectivity index (χ1) is 9.90. The second-order valence-electron chi connectivity index (χ2n) is 4.96. The third kappa shape index (κ3) is 1.38. The second-order valence-corrected chi connectivity index (χ2v) is 6.99. The van der Waals surface area contributed by atoms with Crippen molar-refractivity contribution in [2.75, 3.05) is 0 Å². The second kappa shape index (κ2) is 3.86. The highest BCUT2D eigenvalue weighted by Crippen LogP contribution is 2.38. The molecule has 0 bridgehead atoms. The highest BCUT2D eigenvalue weighted by Gasteiger charge is 2.22. The monoisotopic (exact) mass is 298 g/mol. The van der Waals surface area contributed by atoms with Crippen molar-refractivity contribution >= 4 is 38.5 Å². The van der Waals surface area contributed by atoms with E-state index in [1.54, 1.807) is 17.7 Å². The van der Waals surface area contributed by atoms with Gasteiger partial charge >= 0.3 is 0 Å². The number of hydrogen-bond donors (Lipinski definition) is 0. The van der Waals surface area contributed by atoms with Crippen LogP contribution in [-0.4, -0.2) is 19.6 Å². The smallest absolute Gasteiger partial charge is 0.192 e. The predicted octanol–water partition coefficient (Wildman–Crippen LogP) is 3.56. The molecular weight excluding hydrogens is 288 g/mol. The molecule has 0 radical (unpaired) electrons. The Bertz CT molecular complexity index is 933. The van der Waals surface area contributed by atoms with E-state index in [0.717, 1.165) is 27.6 Å². The van der Waals surface area contributed by atoms with E-state index in [9.17, 15) is 0 Å². The molecule has 4 aromatic rings. The molecule has 4 heterocycles. The summed E-state index contributed by atoms with van der Waals surface area (Å²) in [7, 11) is 0. The van der Waals surface area contributed by atoms with E-state index in [0.29, 0.717) is 0 Å². The summed E-state index contributed by atoms with van der Waals surface area (Å²) in [5.41, 5.74) is 2.41. The van der Waals surface area contributed by atoms with Crippen molar-refractivity contribution < 1.29 is 0 Å². The molecule has 0 aliphatic heterocycles. The number of rotatable bonds is 1. The summed E-state index contributed by atoms with van der Waals surface area (Å²) < 4.78 is 1.82. The molecule has 0 saturated heterocycles. The van der Waals surface area contributed by atoms with E-state index in [2.05, 4.69) is 21.5 Å². The molecule has 0 N–H and O–H groups in total. The quantitative estimate of drug-likeness (QED) is 0.539. The average Bonchev–Trinajstić information content (AvgIpc) is 3.20. The van der Waals surface area contributed by atoms with Gasteiger partial charge in [0.25, 0.3) is 0 Å². The fraction of sp³-hybridized carbons (Fsp3) is 0.214. The fourth-order valence-corrected chi connectivity index (χ4v) is 4.78. The van der Waals surface area contributed by atoms with Gasteiger partial charge in [0.1, 0.15) is 11.2 Å². The van der Waals surface area contributed by atoms with Gasteiger partial charge in [0.15, 0.2) is 11.5 Å². The first kappa shape index (κ1) is 10.9. The zero-order chi connectivity index (χ0) is 13.1. The minimum absolute atomic E-state index is 0.798. The average molecular weight is 298 g/mol. The van der Waals surface area contributed by atoms with E-state index >= 15 is 0 Å². The molecule has 0 saturated carbocycles. The molecule has 4 nitrogen and oxygen atoms in total. The van der Waals surface area contributed by atoms with Crippen LogP contribution in [0.2, 0.25) is 0 Å². The first-order valence-corrected chi connectivity index (χ1v) is 8.29. The molecule has 0 aromatic carbocycles. The zero-order valence-corrected chi connectivity index (χ0v) is 12.2. The molecule has 0 spiro atoms. The van der Waals surface area contributed by atoms with Crippen LogP contribution in [0.4, 0.5) is 0 Å². The van der Waals surface area contributed by atoms with Crippen LogP contribution in [0.3, 0.4) is 0 Å². The van der Waals surface area contributed by atoms with E-state index in [1.807, 2.05) is 21.9 Å². The van der Waals surface area contributed by atoms with Gasteiger partial charge in [-0.2, -0.15) is 0 Å². The number of fused-ring (bicyclic) bond motifs is 5. The summed E-state index contributed by atoms with van der Waals surface area (Å²) in [5.74, 6) is 0.798. The molecule has 1 aliphatic rings. The van der Waals surface area contributed by atoms with Crippen molar-refractivity contribution in [1.29, 1.82) is 0 Å². The molecule has 0 fully saturated rings. The zero-order valence-electron chi connectivity index (χ0n) is 10.5. The van der Waals surface area contributed by atoms with Crippen LogP contribution in [0, 0.1) is 0 Å². The van der Waals surface area contributed by atoms with Crippen LogP contribution < -0.4 is 0 Å². The van der Waals surface area contributed by atoms with E-state index in [4.69, 9.17) is 4.98 Å². The van der Waals surface area contributed by atoms with Gasteiger partial charge in [-0.05, 0) is 36.3 Å². The van der Waals surface area contributed by atoms with Crippen molar-refractivity contribution in [2.24, 2.45) is 0 Å². The summed E-state index contributed by atoms with van der Waals surface area (Å²) in [6, 6.07) is 4.09. The lowest BCUT2D eigenvalue weighted by atomic mass is 10.2. The SMILES string of the molecule is c1csc(-c2nc3c4c5c(sc4ncn3n2)CCC5)c1. The largest absolute Gasteiger partial charge is 0.225 e. The Kier molecular flexibility index (Phi) is 2.11. The van der Waals surface area contributed by atoms with Gasteiger partial charge in [0.2, 0.25) is 0 Å². The van der Waals surface area contributed by atoms with Crippen LogP contribution >= 0.6 is 22.7 Å². The molecule has 1 aliphatic carbocycles. The maximum atomic E-state index is 4.76. The number of aryl methyl sites for hydroxylation is 2. The fourth-order valence-electron chi connectivity index (χ4n) is 2.90. The van der Waals surface area contributed by atoms with Gasteiger partial charge in [-0.15, -0.1) is 27.8 Å². The van der Waals surface area contributed by atoms with E-state index < -0.39 is 0 Å². The van der Waals surface area contributed by atoms with Crippen LogP contribution in [0.1, 0.15) is 16.9 Å². The summed E-state index contributed by atoms with van der Waals surface area (Å²) in [6.07, 6.45) is 5.38. The van der Waals surface area contributed by atoms with Crippen molar-refractivity contribution in [3.8, 4) is 10.7 Å². The normalized spacial score (nSPS) is 14.4. The molecule has 4 aromatic heterocycles. The first-order valence-electron chi connectivity index (χ1n) is 6.59. The topological polar surface area (TPSA) is 43.1 Å². The maximum absolute atomic E-state index is 4.76. The molecule has 20 heavy (non-hydrogen) atoms. The molecule has 0 unspecified atom stereocenters. The summed E-state index contributed by atoms with van der Waals surface area (Å²) in [5, 5.41) is 7.84. The third-order valence-corrected chi connectivity index (χ3v) is 5.85. The lowest BCUT2D eigenvalue weighted by molar-refractivity contribution is 0.914. The van der Waals surface area contributed by atoms with Gasteiger partial charge in [0.05, 0.1) is 10.3 Å². The molecule has 0 amide bonds. The molecule has 98 valence electrons. The van der Waals surface area contributed by atoms with Gasteiger partial charge in [-0.3, -0.25) is 0 Å². The third-order valence-electron chi connectivity index (χ3n) is 3.78. The number of aromatic nitrogens is 4. The Labute approximate surface area is 122 Å². The highest BCUT2D eigenvalue weighted by atomic mass is 32.1. The standard InChI is InChI=1S/C14H10N4S2/c1-3-8-9(4-1)20-14-11(8)13-16-12(10-5-2-6-19-10)17-18(13)7-15-14/h2,5-7H,1,3-4H2. The van der Waals surface area contributed by atoms with Crippen molar-refractivity contribution in [1.82, 2.24) is 19.6 Å². The van der Waals surface area contributed by atoms with Crippen LogP contribution in [0.25, 0.3) is 26.6 Å². The summed E-state index contributed by atoms with van der Waals surface area (Å²) in [6.45, 7) is 0. The minimum atomic E-state index is 0.798. The predicted molar refractivity (Wildman–Crippen MR) is 81.5 cm³/mol. The van der Waals surface area contributed by atoms with Gasteiger partial charge < -0.3 is 0 Å². The van der Waals surface area contributed by atoms with E-state index in [1.165, 1.54) is 28.7 Å². The maximum Gasteiger partial charge on any atom is 0.192 e. The highest BCUT2D eigenvalue weighted by molar-refractivity contribution is 7.19. The minimum Gasteiger partial charge on any atom is -0.225 e. The van der Waals surface area contributed by atoms with Gasteiger partial charge in [0, 0.05) is 4.88 Å². The van der Waals surface area contributed by atoms with Gasteiger partial charge in [-0.25, -0.2) is 14.5 Å². The summed E-state index contributed by atoms with van der Waals surface area (Å²) in [4.78, 5) is 13.0. The number of thiophene rings is 2. The van der Waals surface area contributed by atoms with Crippen molar-refractivity contribution in [3.05, 3.63) is 34.3 Å². The van der Waals surface area contributed by atoms with Crippen molar-refractivity contribution in [3.63, 3.8) is 0 Å². The van der Waals surface area contributed by atoms with Crippen molar-refractivity contribution in [2.45, 2.75) is 19.3 Å². The Morgan fingerprint density at radius 3 is 3.15 bits per heavy atom. The Morgan fingerprint density at radius 2 is 2.25 bits per heavy atom. The number of hydrogen-bond acceptors (Lipinski definition) is 5. The molecule has 5 rings (SSSR count). The Hall–Kier alpha value is -1.79. The molecule has 0 atom stereocenters. The van der Waals surface area contributed by atoms with E-state index in [-0.39, 0.29) is 0 Å². The molecular formula is C14H10N4S2. The van der Waals surface area contributed by atoms with Crippen LogP contribution in [0.5, 0.6) is 0 Å². The van der Waals surface area contributed by atoms with Crippen LogP contribution in [-0.2, 0) is 12.8 Å². The lowest BCUT2D eigenvalue weighted by Crippen LogP contribution is -1.90. The van der Waals surface area contributed by atoms with Gasteiger partial charge in [-0.1, -0.05) is 6.07 Å². The Morgan fingerprint density at radius 1 is 1.25 bits per heavy atom. The number of nitrogens with zero attached hydrogens (tertiary/aromatic N) is 4.